The Morgan fingerprint density at radius 1 is 1.16 bits per heavy atom. The summed E-state index contributed by atoms with van der Waals surface area (Å²) in [7, 11) is 1.77. The number of guanidine groups is 1. The van der Waals surface area contributed by atoms with Crippen LogP contribution in [0.4, 0.5) is 0 Å². The van der Waals surface area contributed by atoms with Crippen molar-refractivity contribution in [2.75, 3.05) is 20.1 Å². The lowest BCUT2D eigenvalue weighted by atomic mass is 10.2. The van der Waals surface area contributed by atoms with Crippen molar-refractivity contribution in [3.8, 4) is 5.75 Å². The highest BCUT2D eigenvalue weighted by atomic mass is 127. The second-order valence-electron chi connectivity index (χ2n) is 5.64. The monoisotopic (exact) mass is 454 g/mol. The van der Waals surface area contributed by atoms with Crippen molar-refractivity contribution < 1.29 is 4.74 Å². The van der Waals surface area contributed by atoms with E-state index in [9.17, 15) is 0 Å². The Hall–Kier alpha value is -1.83. The molecule has 0 fully saturated rings. The van der Waals surface area contributed by atoms with Crippen molar-refractivity contribution in [1.29, 1.82) is 0 Å². The molecule has 136 valence electrons. The number of aryl methyl sites for hydroxylation is 1. The van der Waals surface area contributed by atoms with E-state index in [-0.39, 0.29) is 30.1 Å². The first-order valence-corrected chi connectivity index (χ1v) is 8.25. The van der Waals surface area contributed by atoms with Crippen LogP contribution in [0.25, 0.3) is 0 Å². The molecule has 6 heteroatoms. The van der Waals surface area contributed by atoms with Crippen molar-refractivity contribution in [3.05, 3.63) is 59.9 Å². The van der Waals surface area contributed by atoms with Gasteiger partial charge < -0.3 is 15.4 Å². The number of halogens is 1. The molecule has 1 atom stereocenters. The van der Waals surface area contributed by atoms with Crippen LogP contribution < -0.4 is 15.4 Å². The molecule has 25 heavy (non-hydrogen) atoms. The van der Waals surface area contributed by atoms with E-state index in [0.29, 0.717) is 6.54 Å². The zero-order valence-corrected chi connectivity index (χ0v) is 17.4. The van der Waals surface area contributed by atoms with Gasteiger partial charge in [-0.25, -0.2) is 0 Å². The Kier molecular flexibility index (Phi) is 9.91. The van der Waals surface area contributed by atoms with E-state index in [1.165, 1.54) is 0 Å². The molecule has 0 amide bonds. The molecule has 1 aromatic carbocycles. The number of aliphatic imine (C=N–C) groups is 1. The molecule has 1 unspecified atom stereocenters. The van der Waals surface area contributed by atoms with Crippen molar-refractivity contribution in [3.63, 3.8) is 0 Å². The maximum absolute atomic E-state index is 5.96. The average Bonchev–Trinajstić information content (AvgIpc) is 2.61. The Labute approximate surface area is 167 Å². The minimum Gasteiger partial charge on any atom is -0.489 e. The number of nitrogens with zero attached hydrogens (tertiary/aromatic N) is 2. The third-order valence-electron chi connectivity index (χ3n) is 3.60. The number of hydrogen-bond acceptors (Lipinski definition) is 3. The van der Waals surface area contributed by atoms with Crippen LogP contribution in [0, 0.1) is 6.92 Å². The van der Waals surface area contributed by atoms with Crippen molar-refractivity contribution in [2.45, 2.75) is 26.4 Å². The van der Waals surface area contributed by atoms with E-state index in [0.717, 1.165) is 35.9 Å². The Bertz CT molecular complexity index is 649. The van der Waals surface area contributed by atoms with Gasteiger partial charge in [0.2, 0.25) is 0 Å². The third kappa shape index (κ3) is 7.72. The van der Waals surface area contributed by atoms with Crippen LogP contribution in [0.3, 0.4) is 0 Å². The number of rotatable bonds is 7. The predicted molar refractivity (Wildman–Crippen MR) is 114 cm³/mol. The van der Waals surface area contributed by atoms with Crippen LogP contribution in [-0.4, -0.2) is 37.2 Å². The second kappa shape index (κ2) is 11.7. The molecule has 0 radical (unpaired) electrons. The summed E-state index contributed by atoms with van der Waals surface area (Å²) in [5.74, 6) is 1.69. The standard InChI is InChI=1S/C19H26N4O.HI/c1-15-8-4-5-10-18(15)24-16(2)14-23-19(20-3)22-13-11-17-9-6-7-12-21-17;/h4-10,12,16H,11,13-14H2,1-3H3,(H2,20,22,23);1H. The van der Waals surface area contributed by atoms with Crippen molar-refractivity contribution in [1.82, 2.24) is 15.6 Å². The fourth-order valence-electron chi connectivity index (χ4n) is 2.26. The van der Waals surface area contributed by atoms with Gasteiger partial charge in [0.15, 0.2) is 5.96 Å². The van der Waals surface area contributed by atoms with Crippen molar-refractivity contribution >= 4 is 29.9 Å². The van der Waals surface area contributed by atoms with Crippen LogP contribution >= 0.6 is 24.0 Å². The van der Waals surface area contributed by atoms with Crippen LogP contribution in [0.15, 0.2) is 53.7 Å². The molecule has 5 nitrogen and oxygen atoms in total. The molecule has 0 saturated carbocycles. The van der Waals surface area contributed by atoms with Gasteiger partial charge in [-0.3, -0.25) is 9.98 Å². The van der Waals surface area contributed by atoms with Crippen LogP contribution in [0.1, 0.15) is 18.2 Å². The first kappa shape index (κ1) is 21.2. The first-order valence-electron chi connectivity index (χ1n) is 8.25. The summed E-state index contributed by atoms with van der Waals surface area (Å²) in [6.07, 6.45) is 2.71. The molecule has 0 aliphatic carbocycles. The van der Waals surface area contributed by atoms with Gasteiger partial charge in [0.25, 0.3) is 0 Å². The molecule has 1 heterocycles. The molecular weight excluding hydrogens is 427 g/mol. The smallest absolute Gasteiger partial charge is 0.191 e. The second-order valence-corrected chi connectivity index (χ2v) is 5.64. The fraction of sp³-hybridized carbons (Fsp3) is 0.368. The minimum atomic E-state index is 0. The number of hydrogen-bond donors (Lipinski definition) is 2. The van der Waals surface area contributed by atoms with Gasteiger partial charge in [0.1, 0.15) is 11.9 Å². The topological polar surface area (TPSA) is 58.5 Å². The number of para-hydroxylation sites is 1. The van der Waals surface area contributed by atoms with E-state index in [4.69, 9.17) is 4.74 Å². The van der Waals surface area contributed by atoms with Gasteiger partial charge in [-0.15, -0.1) is 24.0 Å². The summed E-state index contributed by atoms with van der Waals surface area (Å²) in [5, 5.41) is 6.58. The highest BCUT2D eigenvalue weighted by Crippen LogP contribution is 2.17. The van der Waals surface area contributed by atoms with Gasteiger partial charge in [-0.2, -0.15) is 0 Å². The molecular formula is C19H27IN4O. The summed E-state index contributed by atoms with van der Waals surface area (Å²) < 4.78 is 5.96. The number of benzene rings is 1. The van der Waals surface area contributed by atoms with Gasteiger partial charge in [-0.05, 0) is 37.6 Å². The number of aromatic nitrogens is 1. The molecule has 2 rings (SSSR count). The maximum atomic E-state index is 5.96. The SMILES string of the molecule is CN=C(NCCc1ccccn1)NCC(C)Oc1ccccc1C.I. The first-order chi connectivity index (χ1) is 11.7. The lowest BCUT2D eigenvalue weighted by molar-refractivity contribution is 0.222. The van der Waals surface area contributed by atoms with E-state index < -0.39 is 0 Å². The quantitative estimate of drug-likeness (QED) is 0.384. The zero-order chi connectivity index (χ0) is 17.2. The Morgan fingerprint density at radius 3 is 2.60 bits per heavy atom. The van der Waals surface area contributed by atoms with Crippen molar-refractivity contribution in [2.24, 2.45) is 4.99 Å². The van der Waals surface area contributed by atoms with E-state index >= 15 is 0 Å². The fourth-order valence-corrected chi connectivity index (χ4v) is 2.26. The van der Waals surface area contributed by atoms with E-state index in [1.54, 1.807) is 7.05 Å². The number of pyridine rings is 1. The summed E-state index contributed by atoms with van der Waals surface area (Å²) in [6.45, 7) is 5.55. The van der Waals surface area contributed by atoms with E-state index in [1.807, 2.05) is 62.5 Å². The molecule has 2 aromatic rings. The van der Waals surface area contributed by atoms with Gasteiger partial charge >= 0.3 is 0 Å². The third-order valence-corrected chi connectivity index (χ3v) is 3.60. The molecule has 0 aliphatic heterocycles. The molecule has 2 N–H and O–H groups in total. The summed E-state index contributed by atoms with van der Waals surface area (Å²) >= 11 is 0. The van der Waals surface area contributed by atoms with E-state index in [2.05, 4.69) is 20.6 Å². The molecule has 0 aliphatic rings. The summed E-state index contributed by atoms with van der Waals surface area (Å²) in [6, 6.07) is 14.0. The molecule has 0 spiro atoms. The highest BCUT2D eigenvalue weighted by Gasteiger charge is 2.07. The zero-order valence-electron chi connectivity index (χ0n) is 15.0. The predicted octanol–water partition coefficient (Wildman–Crippen LogP) is 3.18. The minimum absolute atomic E-state index is 0. The van der Waals surface area contributed by atoms with Gasteiger partial charge in [-0.1, -0.05) is 24.3 Å². The highest BCUT2D eigenvalue weighted by molar-refractivity contribution is 14.0. The average molecular weight is 454 g/mol. The molecule has 0 saturated heterocycles. The Balaban J connectivity index is 0.00000312. The number of ether oxygens (including phenoxy) is 1. The largest absolute Gasteiger partial charge is 0.489 e. The van der Waals surface area contributed by atoms with Crippen LogP contribution in [0.5, 0.6) is 5.75 Å². The Morgan fingerprint density at radius 2 is 1.92 bits per heavy atom. The lowest BCUT2D eigenvalue weighted by Gasteiger charge is -2.18. The van der Waals surface area contributed by atoms with Crippen LogP contribution in [0.2, 0.25) is 0 Å². The van der Waals surface area contributed by atoms with Crippen LogP contribution in [-0.2, 0) is 6.42 Å². The summed E-state index contributed by atoms with van der Waals surface area (Å²) in [4.78, 5) is 8.54. The molecule has 0 bridgehead atoms. The molecule has 1 aromatic heterocycles. The normalized spacial score (nSPS) is 12.0. The number of nitrogens with one attached hydrogen (secondary N) is 2. The maximum Gasteiger partial charge on any atom is 0.191 e. The van der Waals surface area contributed by atoms with Gasteiger partial charge in [0.05, 0.1) is 6.54 Å². The lowest BCUT2D eigenvalue weighted by Crippen LogP contribution is -2.42. The summed E-state index contributed by atoms with van der Waals surface area (Å²) in [5.41, 5.74) is 2.21. The van der Waals surface area contributed by atoms with Gasteiger partial charge in [0, 0.05) is 31.9 Å².